The van der Waals surface area contributed by atoms with Gasteiger partial charge in [0.2, 0.25) is 0 Å². The van der Waals surface area contributed by atoms with E-state index in [9.17, 15) is 4.79 Å². The first-order chi connectivity index (χ1) is 6.04. The van der Waals surface area contributed by atoms with E-state index in [0.717, 1.165) is 38.7 Å². The molecule has 0 amide bonds. The summed E-state index contributed by atoms with van der Waals surface area (Å²) in [7, 11) is 0. The third kappa shape index (κ3) is 1.52. The van der Waals surface area contributed by atoms with Crippen LogP contribution in [0.1, 0.15) is 46.0 Å². The maximum absolute atomic E-state index is 11.8. The molecule has 1 atom stereocenters. The van der Waals surface area contributed by atoms with Gasteiger partial charge in [-0.3, -0.25) is 4.79 Å². The Hall–Kier alpha value is -0.370. The molecule has 1 aliphatic heterocycles. The summed E-state index contributed by atoms with van der Waals surface area (Å²) in [5.74, 6) is 0.490. The molecular weight excluding hydrogens is 164 g/mol. The Morgan fingerprint density at radius 2 is 2.08 bits per heavy atom. The first-order valence-electron chi connectivity index (χ1n) is 5.21. The summed E-state index contributed by atoms with van der Waals surface area (Å²) >= 11 is 0. The van der Waals surface area contributed by atoms with Crippen molar-refractivity contribution in [3.05, 3.63) is 0 Å². The molecule has 1 saturated heterocycles. The molecule has 13 heavy (non-hydrogen) atoms. The number of carbonyl (C=O) groups excluding carboxylic acids is 1. The van der Waals surface area contributed by atoms with Crippen LogP contribution in [0.25, 0.3) is 0 Å². The van der Waals surface area contributed by atoms with Gasteiger partial charge < -0.3 is 4.74 Å². The van der Waals surface area contributed by atoms with E-state index in [-0.39, 0.29) is 11.0 Å². The summed E-state index contributed by atoms with van der Waals surface area (Å²) in [5.41, 5.74) is -0.0833. The number of hydrogen-bond donors (Lipinski definition) is 0. The lowest BCUT2D eigenvalue weighted by Crippen LogP contribution is -2.43. The lowest BCUT2D eigenvalue weighted by atomic mass is 9.72. The monoisotopic (exact) mass is 182 g/mol. The van der Waals surface area contributed by atoms with Crippen LogP contribution in [0.3, 0.4) is 0 Å². The van der Waals surface area contributed by atoms with Crippen LogP contribution in [0.5, 0.6) is 0 Å². The molecule has 74 valence electrons. The number of hydrogen-bond acceptors (Lipinski definition) is 2. The van der Waals surface area contributed by atoms with E-state index in [1.807, 2.05) is 0 Å². The molecule has 1 unspecified atom stereocenters. The molecule has 2 fully saturated rings. The normalized spacial score (nSPS) is 38.5. The number of ketones is 1. The molecule has 2 rings (SSSR count). The van der Waals surface area contributed by atoms with E-state index in [2.05, 4.69) is 13.8 Å². The Morgan fingerprint density at radius 1 is 1.31 bits per heavy atom. The third-order valence-electron chi connectivity index (χ3n) is 3.49. The SMILES string of the molecule is CC1(C)CC2(CCCC2=O)CCO1. The van der Waals surface area contributed by atoms with Gasteiger partial charge in [-0.25, -0.2) is 0 Å². The van der Waals surface area contributed by atoms with Gasteiger partial charge in [0, 0.05) is 18.4 Å². The Bertz CT molecular complexity index is 232. The standard InChI is InChI=1S/C11H18O2/c1-10(2)8-11(6-7-13-10)5-3-4-9(11)12/h3-8H2,1-2H3. The van der Waals surface area contributed by atoms with Gasteiger partial charge in [0.1, 0.15) is 5.78 Å². The van der Waals surface area contributed by atoms with Gasteiger partial charge in [0.05, 0.1) is 5.60 Å². The molecule has 1 saturated carbocycles. The number of rotatable bonds is 0. The number of Topliss-reactive ketones (excluding diaryl/α,β-unsaturated/α-hetero) is 1. The van der Waals surface area contributed by atoms with Gasteiger partial charge >= 0.3 is 0 Å². The fraction of sp³-hybridized carbons (Fsp3) is 0.909. The summed E-state index contributed by atoms with van der Waals surface area (Å²) in [6.45, 7) is 4.96. The van der Waals surface area contributed by atoms with Crippen molar-refractivity contribution in [2.75, 3.05) is 6.61 Å². The van der Waals surface area contributed by atoms with Crippen molar-refractivity contribution in [1.29, 1.82) is 0 Å². The maximum Gasteiger partial charge on any atom is 0.139 e. The van der Waals surface area contributed by atoms with E-state index in [4.69, 9.17) is 4.74 Å². The van der Waals surface area contributed by atoms with Crippen molar-refractivity contribution in [2.24, 2.45) is 5.41 Å². The molecule has 2 nitrogen and oxygen atoms in total. The lowest BCUT2D eigenvalue weighted by Gasteiger charge is -2.41. The van der Waals surface area contributed by atoms with E-state index < -0.39 is 0 Å². The van der Waals surface area contributed by atoms with Gasteiger partial charge in [0.15, 0.2) is 0 Å². The molecule has 0 aromatic heterocycles. The van der Waals surface area contributed by atoms with Crippen molar-refractivity contribution >= 4 is 5.78 Å². The predicted octanol–water partition coefficient (Wildman–Crippen LogP) is 2.31. The molecule has 0 aromatic rings. The summed E-state index contributed by atoms with van der Waals surface area (Å²) in [6, 6.07) is 0. The van der Waals surface area contributed by atoms with Gasteiger partial charge in [-0.15, -0.1) is 0 Å². The number of carbonyl (C=O) groups is 1. The van der Waals surface area contributed by atoms with Crippen LogP contribution >= 0.6 is 0 Å². The van der Waals surface area contributed by atoms with Crippen molar-refractivity contribution in [1.82, 2.24) is 0 Å². The lowest BCUT2D eigenvalue weighted by molar-refractivity contribution is -0.143. The summed E-state index contributed by atoms with van der Waals surface area (Å²) < 4.78 is 5.65. The zero-order chi connectivity index (χ0) is 9.53. The molecule has 1 heterocycles. The highest BCUT2D eigenvalue weighted by molar-refractivity contribution is 5.86. The smallest absolute Gasteiger partial charge is 0.139 e. The topological polar surface area (TPSA) is 26.3 Å². The van der Waals surface area contributed by atoms with Crippen LogP contribution in [0, 0.1) is 5.41 Å². The maximum atomic E-state index is 11.8. The van der Waals surface area contributed by atoms with E-state index in [1.54, 1.807) is 0 Å². The zero-order valence-electron chi connectivity index (χ0n) is 8.56. The Balaban J connectivity index is 2.18. The minimum Gasteiger partial charge on any atom is -0.376 e. The molecule has 1 aliphatic carbocycles. The largest absolute Gasteiger partial charge is 0.376 e. The van der Waals surface area contributed by atoms with Gasteiger partial charge in [-0.05, 0) is 39.5 Å². The Morgan fingerprint density at radius 3 is 2.62 bits per heavy atom. The minimum atomic E-state index is -0.0851. The second kappa shape index (κ2) is 2.81. The summed E-state index contributed by atoms with van der Waals surface area (Å²) in [5, 5.41) is 0. The minimum absolute atomic E-state index is 0.00174. The fourth-order valence-corrected chi connectivity index (χ4v) is 2.92. The average molecular weight is 182 g/mol. The molecule has 0 radical (unpaired) electrons. The quantitative estimate of drug-likeness (QED) is 0.574. The molecule has 2 heteroatoms. The van der Waals surface area contributed by atoms with Crippen molar-refractivity contribution < 1.29 is 9.53 Å². The zero-order valence-corrected chi connectivity index (χ0v) is 8.56. The second-order valence-electron chi connectivity index (χ2n) is 5.09. The van der Waals surface area contributed by atoms with Crippen molar-refractivity contribution in [3.8, 4) is 0 Å². The van der Waals surface area contributed by atoms with Crippen molar-refractivity contribution in [2.45, 2.75) is 51.6 Å². The Kier molecular flexibility index (Phi) is 1.99. The summed E-state index contributed by atoms with van der Waals surface area (Å²) in [6.07, 6.45) is 4.87. The van der Waals surface area contributed by atoms with Gasteiger partial charge in [-0.1, -0.05) is 0 Å². The molecule has 1 spiro atoms. The van der Waals surface area contributed by atoms with Crippen molar-refractivity contribution in [3.63, 3.8) is 0 Å². The second-order valence-corrected chi connectivity index (χ2v) is 5.09. The first kappa shape index (κ1) is 9.20. The fourth-order valence-electron chi connectivity index (χ4n) is 2.92. The third-order valence-corrected chi connectivity index (χ3v) is 3.49. The van der Waals surface area contributed by atoms with Crippen LogP contribution in [0.15, 0.2) is 0 Å². The molecule has 0 bridgehead atoms. The molecule has 2 aliphatic rings. The van der Waals surface area contributed by atoms with Gasteiger partial charge in [-0.2, -0.15) is 0 Å². The summed E-state index contributed by atoms with van der Waals surface area (Å²) in [4.78, 5) is 11.8. The highest BCUT2D eigenvalue weighted by Gasteiger charge is 2.47. The Labute approximate surface area is 79.7 Å². The van der Waals surface area contributed by atoms with E-state index in [1.165, 1.54) is 0 Å². The van der Waals surface area contributed by atoms with E-state index >= 15 is 0 Å². The van der Waals surface area contributed by atoms with Crippen LogP contribution < -0.4 is 0 Å². The van der Waals surface area contributed by atoms with Crippen LogP contribution in [0.2, 0.25) is 0 Å². The molecule has 0 aromatic carbocycles. The first-order valence-corrected chi connectivity index (χ1v) is 5.21. The average Bonchev–Trinajstić information content (AvgIpc) is 2.31. The van der Waals surface area contributed by atoms with Gasteiger partial charge in [0.25, 0.3) is 0 Å². The molecular formula is C11H18O2. The number of ether oxygens (including phenoxy) is 1. The molecule has 0 N–H and O–H groups in total. The highest BCUT2D eigenvalue weighted by Crippen LogP contribution is 2.47. The van der Waals surface area contributed by atoms with Crippen LogP contribution in [-0.2, 0) is 9.53 Å². The van der Waals surface area contributed by atoms with E-state index in [0.29, 0.717) is 5.78 Å². The highest BCUT2D eigenvalue weighted by atomic mass is 16.5. The van der Waals surface area contributed by atoms with Crippen LogP contribution in [0.4, 0.5) is 0 Å². The van der Waals surface area contributed by atoms with Crippen LogP contribution in [-0.4, -0.2) is 18.0 Å². The predicted molar refractivity (Wildman–Crippen MR) is 50.6 cm³/mol.